The Morgan fingerprint density at radius 3 is 2.53 bits per heavy atom. The number of rotatable bonds is 7. The smallest absolute Gasteiger partial charge is 0.0189 e. The summed E-state index contributed by atoms with van der Waals surface area (Å²) in [5.41, 5.74) is 3.02. The van der Waals surface area contributed by atoms with Crippen LogP contribution >= 0.6 is 21.6 Å². The minimum absolute atomic E-state index is 0.528. The van der Waals surface area contributed by atoms with Crippen molar-refractivity contribution >= 4 is 21.6 Å². The van der Waals surface area contributed by atoms with Crippen molar-refractivity contribution in [1.29, 1.82) is 0 Å². The van der Waals surface area contributed by atoms with E-state index in [1.807, 2.05) is 16.4 Å². The van der Waals surface area contributed by atoms with Gasteiger partial charge in [-0.2, -0.15) is 0 Å². The van der Waals surface area contributed by atoms with Crippen LogP contribution in [0.4, 0.5) is 0 Å². The van der Waals surface area contributed by atoms with Gasteiger partial charge in [0.05, 0.1) is 0 Å². The van der Waals surface area contributed by atoms with Crippen LogP contribution in [0.15, 0.2) is 11.6 Å². The van der Waals surface area contributed by atoms with E-state index in [4.69, 9.17) is 0 Å². The van der Waals surface area contributed by atoms with Crippen LogP contribution < -0.4 is 0 Å². The Morgan fingerprint density at radius 2 is 1.80 bits per heavy atom. The molecule has 0 bridgehead atoms. The van der Waals surface area contributed by atoms with Crippen molar-refractivity contribution in [3.05, 3.63) is 11.6 Å². The summed E-state index contributed by atoms with van der Waals surface area (Å²) in [4.78, 5) is 0. The minimum Gasteiger partial charge on any atom is -0.0973 e. The molecule has 172 valence electrons. The largest absolute Gasteiger partial charge is 0.0973 e. The maximum Gasteiger partial charge on any atom is 0.0189 e. The van der Waals surface area contributed by atoms with Crippen LogP contribution in [0, 0.1) is 46.3 Å². The molecule has 0 aromatic heterocycles. The molecule has 2 heteroatoms. The van der Waals surface area contributed by atoms with Gasteiger partial charge >= 0.3 is 0 Å². The van der Waals surface area contributed by atoms with E-state index in [-0.39, 0.29) is 0 Å². The normalized spacial score (nSPS) is 44.2. The van der Waals surface area contributed by atoms with Crippen LogP contribution in [0.2, 0.25) is 0 Å². The maximum atomic E-state index is 2.76. The first-order chi connectivity index (χ1) is 14.3. The van der Waals surface area contributed by atoms with Crippen molar-refractivity contribution in [3.8, 4) is 0 Å². The van der Waals surface area contributed by atoms with E-state index in [1.54, 1.807) is 0 Å². The van der Waals surface area contributed by atoms with Gasteiger partial charge in [0.1, 0.15) is 0 Å². The van der Waals surface area contributed by atoms with E-state index < -0.39 is 0 Å². The molecular formula is C28H48S2. The number of fused-ring (bicyclic) bond motifs is 5. The van der Waals surface area contributed by atoms with Crippen molar-refractivity contribution in [3.63, 3.8) is 0 Å². The fourth-order valence-corrected chi connectivity index (χ4v) is 10.9. The molecule has 0 radical (unpaired) electrons. The summed E-state index contributed by atoms with van der Waals surface area (Å²) >= 11 is 0. The van der Waals surface area contributed by atoms with Crippen molar-refractivity contribution in [2.24, 2.45) is 46.3 Å². The van der Waals surface area contributed by atoms with Gasteiger partial charge in [0.25, 0.3) is 0 Å². The lowest BCUT2D eigenvalue weighted by Crippen LogP contribution is -2.50. The summed E-state index contributed by atoms with van der Waals surface area (Å²) in [6.07, 6.45) is 21.1. The van der Waals surface area contributed by atoms with Gasteiger partial charge in [0, 0.05) is 5.25 Å². The molecule has 0 aromatic rings. The van der Waals surface area contributed by atoms with Crippen LogP contribution in [0.25, 0.3) is 0 Å². The molecule has 0 heterocycles. The molecule has 0 aromatic carbocycles. The highest BCUT2D eigenvalue weighted by Crippen LogP contribution is 2.67. The molecule has 4 aliphatic carbocycles. The molecule has 30 heavy (non-hydrogen) atoms. The van der Waals surface area contributed by atoms with Gasteiger partial charge in [0.2, 0.25) is 0 Å². The first-order valence-corrected chi connectivity index (χ1v) is 15.8. The molecule has 0 spiro atoms. The molecule has 8 unspecified atom stereocenters. The monoisotopic (exact) mass is 448 g/mol. The molecule has 0 amide bonds. The SMILES string of the molecule is CSSC1CCC2(C)C(=CCC3C2CCC2(C)C(C(C)CCCC(C)C)CCC32)C1. The first-order valence-electron chi connectivity index (χ1n) is 13.2. The molecular weight excluding hydrogens is 400 g/mol. The minimum atomic E-state index is 0.528. The van der Waals surface area contributed by atoms with Crippen LogP contribution in [-0.4, -0.2) is 11.5 Å². The zero-order valence-corrected chi connectivity index (χ0v) is 22.3. The number of hydrogen-bond acceptors (Lipinski definition) is 2. The van der Waals surface area contributed by atoms with Gasteiger partial charge in [-0.3, -0.25) is 0 Å². The lowest BCUT2D eigenvalue weighted by atomic mass is 9.47. The predicted octanol–water partition coefficient (Wildman–Crippen LogP) is 9.41. The van der Waals surface area contributed by atoms with Crippen molar-refractivity contribution in [2.75, 3.05) is 6.26 Å². The van der Waals surface area contributed by atoms with Gasteiger partial charge < -0.3 is 0 Å². The van der Waals surface area contributed by atoms with Gasteiger partial charge in [-0.05, 0) is 104 Å². The molecule has 8 atom stereocenters. The highest BCUT2D eigenvalue weighted by Gasteiger charge is 2.59. The second kappa shape index (κ2) is 9.36. The fourth-order valence-electron chi connectivity index (χ4n) is 8.87. The molecule has 0 N–H and O–H groups in total. The van der Waals surface area contributed by atoms with E-state index in [0.29, 0.717) is 10.8 Å². The van der Waals surface area contributed by atoms with E-state index in [1.165, 1.54) is 70.6 Å². The Hall–Kier alpha value is 0.440. The Morgan fingerprint density at radius 1 is 1.00 bits per heavy atom. The third-order valence-electron chi connectivity index (χ3n) is 10.5. The molecule has 0 aliphatic heterocycles. The molecule has 0 nitrogen and oxygen atoms in total. The topological polar surface area (TPSA) is 0 Å². The van der Waals surface area contributed by atoms with Crippen LogP contribution in [-0.2, 0) is 0 Å². The lowest BCUT2D eigenvalue weighted by Gasteiger charge is -2.58. The predicted molar refractivity (Wildman–Crippen MR) is 138 cm³/mol. The van der Waals surface area contributed by atoms with Gasteiger partial charge in [-0.1, -0.05) is 87.1 Å². The van der Waals surface area contributed by atoms with E-state index in [9.17, 15) is 0 Å². The van der Waals surface area contributed by atoms with Crippen molar-refractivity contribution < 1.29 is 0 Å². The Kier molecular flexibility index (Phi) is 7.36. The average Bonchev–Trinajstić information content (AvgIpc) is 3.05. The van der Waals surface area contributed by atoms with Crippen molar-refractivity contribution in [2.45, 2.75) is 110 Å². The number of allylic oxidation sites excluding steroid dienone is 2. The van der Waals surface area contributed by atoms with Crippen LogP contribution in [0.1, 0.15) is 105 Å². The van der Waals surface area contributed by atoms with Crippen molar-refractivity contribution in [1.82, 2.24) is 0 Å². The second-order valence-electron chi connectivity index (χ2n) is 12.4. The summed E-state index contributed by atoms with van der Waals surface area (Å²) in [5, 5.41) is 0.868. The molecule has 3 fully saturated rings. The van der Waals surface area contributed by atoms with Gasteiger partial charge in [-0.25, -0.2) is 0 Å². The molecule has 3 saturated carbocycles. The average molecular weight is 449 g/mol. The van der Waals surface area contributed by atoms with Gasteiger partial charge in [0.15, 0.2) is 0 Å². The zero-order chi connectivity index (χ0) is 21.5. The summed E-state index contributed by atoms with van der Waals surface area (Å²) in [7, 11) is 4.12. The van der Waals surface area contributed by atoms with E-state index in [2.05, 4.69) is 57.7 Å². The summed E-state index contributed by atoms with van der Waals surface area (Å²) in [6.45, 7) is 12.8. The highest BCUT2D eigenvalue weighted by atomic mass is 33.1. The Labute approximate surface area is 196 Å². The van der Waals surface area contributed by atoms with Gasteiger partial charge in [-0.15, -0.1) is 0 Å². The second-order valence-corrected chi connectivity index (χ2v) is 15.2. The quantitative estimate of drug-likeness (QED) is 0.281. The molecule has 4 aliphatic rings. The Bertz CT molecular complexity index is 624. The Balaban J connectivity index is 1.47. The molecule has 4 rings (SSSR count). The number of hydrogen-bond donors (Lipinski definition) is 0. The summed E-state index contributed by atoms with van der Waals surface area (Å²) < 4.78 is 0. The third kappa shape index (κ3) is 4.20. The van der Waals surface area contributed by atoms with Crippen LogP contribution in [0.3, 0.4) is 0 Å². The standard InChI is InChI=1S/C28H48S2/c1-19(2)8-7-9-20(3)24-12-13-25-23-11-10-21-18-22(30-29-6)14-16-27(21,4)26(23)15-17-28(24,25)5/h10,19-20,22-26H,7-9,11-18H2,1-6H3. The summed E-state index contributed by atoms with van der Waals surface area (Å²) in [5.74, 6) is 5.75. The summed E-state index contributed by atoms with van der Waals surface area (Å²) in [6, 6.07) is 0. The first kappa shape index (κ1) is 23.6. The lowest BCUT2D eigenvalue weighted by molar-refractivity contribution is -0.0497. The van der Waals surface area contributed by atoms with Crippen LogP contribution in [0.5, 0.6) is 0 Å². The zero-order valence-electron chi connectivity index (χ0n) is 20.7. The molecule has 0 saturated heterocycles. The van der Waals surface area contributed by atoms with E-state index in [0.717, 1.165) is 40.8 Å². The maximum absolute atomic E-state index is 2.76. The van der Waals surface area contributed by atoms with E-state index >= 15 is 0 Å². The fraction of sp³-hybridized carbons (Fsp3) is 0.929. The highest BCUT2D eigenvalue weighted by molar-refractivity contribution is 8.76. The third-order valence-corrected chi connectivity index (χ3v) is 12.8.